The molecule has 1 saturated heterocycles. The molecule has 7 heteroatoms. The minimum Gasteiger partial charge on any atom is -0.497 e. The first kappa shape index (κ1) is 26.7. The lowest BCUT2D eigenvalue weighted by Gasteiger charge is -2.39. The van der Waals surface area contributed by atoms with Gasteiger partial charge in [0.15, 0.2) is 11.6 Å². The molecule has 3 aliphatic rings. The van der Waals surface area contributed by atoms with Crippen molar-refractivity contribution in [3.05, 3.63) is 125 Å². The van der Waals surface area contributed by atoms with Gasteiger partial charge < -0.3 is 19.7 Å². The number of hydrogen-bond acceptors (Lipinski definition) is 6. The molecular weight excluding hydrogens is 540 g/mol. The van der Waals surface area contributed by atoms with E-state index in [1.165, 1.54) is 0 Å². The number of carbonyl (C=O) groups excluding carboxylic acids is 3. The van der Waals surface area contributed by atoms with E-state index in [2.05, 4.69) is 11.4 Å². The van der Waals surface area contributed by atoms with E-state index < -0.39 is 23.4 Å². The molecule has 7 rings (SSSR count). The smallest absolute Gasteiger partial charge is 0.238 e. The molecule has 4 atom stereocenters. The number of methoxy groups -OCH3 is 2. The summed E-state index contributed by atoms with van der Waals surface area (Å²) >= 11 is 0. The molecule has 1 amide bonds. The van der Waals surface area contributed by atoms with Gasteiger partial charge in [-0.3, -0.25) is 14.4 Å². The number of rotatable bonds is 6. The highest BCUT2D eigenvalue weighted by Crippen LogP contribution is 2.58. The van der Waals surface area contributed by atoms with Crippen molar-refractivity contribution in [2.75, 3.05) is 24.4 Å². The molecule has 0 radical (unpaired) electrons. The van der Waals surface area contributed by atoms with Gasteiger partial charge in [-0.15, -0.1) is 0 Å². The normalized spacial score (nSPS) is 23.1. The zero-order valence-corrected chi connectivity index (χ0v) is 24.0. The Kier molecular flexibility index (Phi) is 6.20. The monoisotopic (exact) mass is 570 g/mol. The highest BCUT2D eigenvalue weighted by Gasteiger charge is 2.70. The van der Waals surface area contributed by atoms with E-state index in [1.54, 1.807) is 62.8 Å². The van der Waals surface area contributed by atoms with Crippen molar-refractivity contribution in [2.45, 2.75) is 24.4 Å². The van der Waals surface area contributed by atoms with Crippen molar-refractivity contribution >= 4 is 34.4 Å². The zero-order valence-electron chi connectivity index (χ0n) is 24.0. The standard InChI is InChI=1S/C36H30N2O5/c1-21-20-30-36(27-9-5-6-10-28(27)37-35(36)41)31(33(39)22-12-16-24(42-2)17-13-22)32(38(30)29-11-7-4-8-26(21)29)34(40)23-14-18-25(43-3)19-15-23/h4-20,30-32H,1-3H3,(H,37,41)/t30-,31+,32-,36+/m0/s1. The molecule has 0 aromatic heterocycles. The van der Waals surface area contributed by atoms with Crippen LogP contribution in [-0.2, 0) is 10.2 Å². The molecule has 4 aromatic rings. The average Bonchev–Trinajstić information content (AvgIpc) is 3.52. The summed E-state index contributed by atoms with van der Waals surface area (Å²) in [5.74, 6) is -0.620. The molecule has 0 aliphatic carbocycles. The predicted octanol–water partition coefficient (Wildman–Crippen LogP) is 5.95. The number of ketones is 2. The van der Waals surface area contributed by atoms with Crippen LogP contribution in [0.2, 0.25) is 0 Å². The predicted molar refractivity (Wildman–Crippen MR) is 165 cm³/mol. The van der Waals surface area contributed by atoms with Crippen LogP contribution in [0, 0.1) is 5.92 Å². The van der Waals surface area contributed by atoms with Crippen molar-refractivity contribution in [1.82, 2.24) is 0 Å². The van der Waals surface area contributed by atoms with Gasteiger partial charge in [-0.05, 0) is 78.7 Å². The lowest BCUT2D eigenvalue weighted by molar-refractivity contribution is -0.121. The van der Waals surface area contributed by atoms with Crippen LogP contribution in [0.4, 0.5) is 11.4 Å². The molecule has 214 valence electrons. The second-order valence-electron chi connectivity index (χ2n) is 11.2. The van der Waals surface area contributed by atoms with Crippen LogP contribution < -0.4 is 19.7 Å². The van der Waals surface area contributed by atoms with Gasteiger partial charge in [0.25, 0.3) is 0 Å². The molecule has 4 aromatic carbocycles. The number of hydrogen-bond donors (Lipinski definition) is 1. The number of carbonyl (C=O) groups is 3. The third-order valence-corrected chi connectivity index (χ3v) is 9.18. The minimum atomic E-state index is -1.37. The second kappa shape index (κ2) is 9.98. The van der Waals surface area contributed by atoms with Gasteiger partial charge in [0.05, 0.1) is 26.2 Å². The van der Waals surface area contributed by atoms with E-state index in [0.29, 0.717) is 28.3 Å². The first-order valence-corrected chi connectivity index (χ1v) is 14.2. The molecule has 0 unspecified atom stereocenters. The van der Waals surface area contributed by atoms with E-state index in [0.717, 1.165) is 22.4 Å². The number of para-hydroxylation sites is 2. The van der Waals surface area contributed by atoms with Gasteiger partial charge in [-0.2, -0.15) is 0 Å². The van der Waals surface area contributed by atoms with Gasteiger partial charge in [0, 0.05) is 28.1 Å². The van der Waals surface area contributed by atoms with Gasteiger partial charge in [-0.1, -0.05) is 42.5 Å². The highest BCUT2D eigenvalue weighted by molar-refractivity contribution is 6.18. The SMILES string of the molecule is COc1ccc(C(=O)[C@@H]2[C@H](C(=O)c3ccc(OC)cc3)[C@]3(C(=O)Nc4ccccc43)[C@@H]3C=C(C)c4ccccc4N23)cc1. The lowest BCUT2D eigenvalue weighted by Crippen LogP contribution is -2.51. The van der Waals surface area contributed by atoms with Crippen LogP contribution in [-0.4, -0.2) is 43.8 Å². The van der Waals surface area contributed by atoms with Crippen LogP contribution >= 0.6 is 0 Å². The van der Waals surface area contributed by atoms with Crippen molar-refractivity contribution in [3.8, 4) is 11.5 Å². The molecule has 3 aliphatic heterocycles. The fourth-order valence-electron chi connectivity index (χ4n) is 7.25. The number of ether oxygens (including phenoxy) is 2. The third-order valence-electron chi connectivity index (χ3n) is 9.18. The Morgan fingerprint density at radius 3 is 2.00 bits per heavy atom. The number of Topliss-reactive ketones (excluding diaryl/α,β-unsaturated/α-hetero) is 2. The quantitative estimate of drug-likeness (QED) is 0.289. The van der Waals surface area contributed by atoms with Crippen LogP contribution in [0.5, 0.6) is 11.5 Å². The average molecular weight is 571 g/mol. The van der Waals surface area contributed by atoms with E-state index >= 15 is 0 Å². The second-order valence-corrected chi connectivity index (χ2v) is 11.2. The zero-order chi connectivity index (χ0) is 29.9. The van der Waals surface area contributed by atoms with Crippen LogP contribution in [0.1, 0.15) is 38.8 Å². The summed E-state index contributed by atoms with van der Waals surface area (Å²) in [7, 11) is 3.14. The number of amides is 1. The van der Waals surface area contributed by atoms with Crippen molar-refractivity contribution in [3.63, 3.8) is 0 Å². The summed E-state index contributed by atoms with van der Waals surface area (Å²) in [6.45, 7) is 2.02. The third kappa shape index (κ3) is 3.77. The largest absolute Gasteiger partial charge is 0.497 e. The maximum atomic E-state index is 14.9. The van der Waals surface area contributed by atoms with Crippen LogP contribution in [0.15, 0.2) is 103 Å². The first-order chi connectivity index (χ1) is 20.9. The molecule has 3 heterocycles. The Morgan fingerprint density at radius 2 is 1.35 bits per heavy atom. The van der Waals surface area contributed by atoms with Gasteiger partial charge >= 0.3 is 0 Å². The summed E-state index contributed by atoms with van der Waals surface area (Å²) in [6, 6.07) is 27.6. The van der Waals surface area contributed by atoms with Crippen LogP contribution in [0.3, 0.4) is 0 Å². The van der Waals surface area contributed by atoms with E-state index in [1.807, 2.05) is 60.4 Å². The summed E-state index contributed by atoms with van der Waals surface area (Å²) in [5.41, 5.74) is 3.62. The van der Waals surface area contributed by atoms with E-state index in [-0.39, 0.29) is 17.5 Å². The van der Waals surface area contributed by atoms with E-state index in [4.69, 9.17) is 9.47 Å². The molecule has 1 spiro atoms. The van der Waals surface area contributed by atoms with Gasteiger partial charge in [0.1, 0.15) is 23.0 Å². The Bertz CT molecular complexity index is 1810. The number of benzene rings is 4. The fourth-order valence-corrected chi connectivity index (χ4v) is 7.25. The number of nitrogens with one attached hydrogen (secondary N) is 1. The Balaban J connectivity index is 1.52. The minimum absolute atomic E-state index is 0.240. The summed E-state index contributed by atoms with van der Waals surface area (Å²) < 4.78 is 10.7. The fraction of sp³-hybridized carbons (Fsp3) is 0.194. The molecule has 0 bridgehead atoms. The Morgan fingerprint density at radius 1 is 0.767 bits per heavy atom. The molecule has 43 heavy (non-hydrogen) atoms. The maximum Gasteiger partial charge on any atom is 0.238 e. The van der Waals surface area contributed by atoms with Crippen molar-refractivity contribution < 1.29 is 23.9 Å². The number of nitrogens with zero attached hydrogens (tertiary/aromatic N) is 1. The highest BCUT2D eigenvalue weighted by atomic mass is 16.5. The Labute approximate surface area is 249 Å². The Hall–Kier alpha value is -5.17. The molecule has 0 saturated carbocycles. The molecule has 7 nitrogen and oxygen atoms in total. The van der Waals surface area contributed by atoms with Gasteiger partial charge in [-0.25, -0.2) is 0 Å². The number of fused-ring (bicyclic) bond motifs is 6. The van der Waals surface area contributed by atoms with Gasteiger partial charge in [0.2, 0.25) is 5.91 Å². The molecule has 1 N–H and O–H groups in total. The summed E-state index contributed by atoms with van der Waals surface area (Å²) in [6.07, 6.45) is 2.06. The number of allylic oxidation sites excluding steroid dienone is 1. The van der Waals surface area contributed by atoms with Crippen molar-refractivity contribution in [2.24, 2.45) is 5.92 Å². The molecular formula is C36H30N2O5. The summed E-state index contributed by atoms with van der Waals surface area (Å²) in [5, 5.41) is 3.08. The lowest BCUT2D eigenvalue weighted by atomic mass is 9.64. The van der Waals surface area contributed by atoms with E-state index in [9.17, 15) is 14.4 Å². The topological polar surface area (TPSA) is 84.9 Å². The van der Waals surface area contributed by atoms with Crippen molar-refractivity contribution in [1.29, 1.82) is 0 Å². The van der Waals surface area contributed by atoms with Crippen LogP contribution in [0.25, 0.3) is 5.57 Å². The maximum absolute atomic E-state index is 14.9. The number of anilines is 2. The summed E-state index contributed by atoms with van der Waals surface area (Å²) in [4.78, 5) is 46.2. The first-order valence-electron chi connectivity index (χ1n) is 14.2. The molecule has 1 fully saturated rings.